The van der Waals surface area contributed by atoms with Gasteiger partial charge in [0, 0.05) is 30.5 Å². The van der Waals surface area contributed by atoms with Crippen molar-refractivity contribution >= 4 is 5.91 Å². The second-order valence-electron chi connectivity index (χ2n) is 7.80. The lowest BCUT2D eigenvalue weighted by atomic mass is 9.96. The highest BCUT2D eigenvalue weighted by atomic mass is 16.5. The van der Waals surface area contributed by atoms with Crippen LogP contribution in [-0.4, -0.2) is 53.9 Å². The molecule has 0 bridgehead atoms. The molecule has 1 aliphatic rings. The molecule has 1 aliphatic heterocycles. The standard InChI is InChI=1S/C23H33N3O5/c1-6-28-18-13-17(14-19(29-7-2)20(18)30-8-3)23(27)26-11-9-16(10-12-26)22-25-24-21(31-22)15(4)5/h13-16H,6-12H2,1-5H3. The van der Waals surface area contributed by atoms with Crippen LogP contribution in [0, 0.1) is 0 Å². The van der Waals surface area contributed by atoms with Crippen molar-refractivity contribution in [3.05, 3.63) is 29.5 Å². The predicted octanol–water partition coefficient (Wildman–Crippen LogP) is 4.41. The number of carbonyl (C=O) groups excluding carboxylic acids is 1. The number of likely N-dealkylation sites (tertiary alicyclic amines) is 1. The molecule has 3 rings (SSSR count). The first kappa shape index (κ1) is 22.9. The lowest BCUT2D eigenvalue weighted by molar-refractivity contribution is 0.0704. The first-order valence-electron chi connectivity index (χ1n) is 11.2. The Morgan fingerprint density at radius 3 is 2.10 bits per heavy atom. The van der Waals surface area contributed by atoms with E-state index in [-0.39, 0.29) is 17.7 Å². The summed E-state index contributed by atoms with van der Waals surface area (Å²) in [5.41, 5.74) is 0.536. The zero-order valence-corrected chi connectivity index (χ0v) is 19.1. The molecule has 1 aromatic heterocycles. The first-order valence-corrected chi connectivity index (χ1v) is 11.2. The molecule has 0 radical (unpaired) electrons. The summed E-state index contributed by atoms with van der Waals surface area (Å²) in [5.74, 6) is 3.28. The smallest absolute Gasteiger partial charge is 0.254 e. The van der Waals surface area contributed by atoms with Gasteiger partial charge < -0.3 is 23.5 Å². The third-order valence-corrected chi connectivity index (χ3v) is 5.24. The fraction of sp³-hybridized carbons (Fsp3) is 0.609. The van der Waals surface area contributed by atoms with Crippen LogP contribution < -0.4 is 14.2 Å². The third kappa shape index (κ3) is 5.29. The number of benzene rings is 1. The molecule has 1 amide bonds. The van der Waals surface area contributed by atoms with Gasteiger partial charge in [0.1, 0.15) is 0 Å². The Morgan fingerprint density at radius 2 is 1.61 bits per heavy atom. The van der Waals surface area contributed by atoms with Gasteiger partial charge in [0.25, 0.3) is 5.91 Å². The van der Waals surface area contributed by atoms with Crippen LogP contribution in [0.4, 0.5) is 0 Å². The van der Waals surface area contributed by atoms with Crippen molar-refractivity contribution in [2.24, 2.45) is 0 Å². The molecule has 0 spiro atoms. The monoisotopic (exact) mass is 431 g/mol. The molecule has 170 valence electrons. The molecule has 31 heavy (non-hydrogen) atoms. The average Bonchev–Trinajstić information content (AvgIpc) is 3.26. The molecule has 1 aromatic carbocycles. The summed E-state index contributed by atoms with van der Waals surface area (Å²) in [4.78, 5) is 15.1. The van der Waals surface area contributed by atoms with Gasteiger partial charge in [-0.3, -0.25) is 4.79 Å². The minimum atomic E-state index is -0.0446. The van der Waals surface area contributed by atoms with Crippen molar-refractivity contribution < 1.29 is 23.4 Å². The van der Waals surface area contributed by atoms with Crippen molar-refractivity contribution in [2.45, 2.75) is 59.3 Å². The summed E-state index contributed by atoms with van der Waals surface area (Å²) in [6.45, 7) is 12.4. The van der Waals surface area contributed by atoms with Gasteiger partial charge in [-0.25, -0.2) is 0 Å². The molecule has 8 heteroatoms. The van der Waals surface area contributed by atoms with Crippen LogP contribution in [0.1, 0.15) is 81.4 Å². The Kier molecular flexibility index (Phi) is 7.76. The summed E-state index contributed by atoms with van der Waals surface area (Å²) >= 11 is 0. The minimum absolute atomic E-state index is 0.0446. The number of hydrogen-bond acceptors (Lipinski definition) is 7. The average molecular weight is 432 g/mol. The molecular formula is C23H33N3O5. The fourth-order valence-corrected chi connectivity index (χ4v) is 3.67. The maximum atomic E-state index is 13.2. The van der Waals surface area contributed by atoms with Gasteiger partial charge in [0.15, 0.2) is 11.5 Å². The zero-order valence-electron chi connectivity index (χ0n) is 19.1. The van der Waals surface area contributed by atoms with Gasteiger partial charge in [-0.05, 0) is 45.7 Å². The number of hydrogen-bond donors (Lipinski definition) is 0. The molecule has 0 unspecified atom stereocenters. The van der Waals surface area contributed by atoms with E-state index in [1.54, 1.807) is 12.1 Å². The number of amides is 1. The number of rotatable bonds is 9. The Balaban J connectivity index is 1.74. The fourth-order valence-electron chi connectivity index (χ4n) is 3.67. The molecule has 0 atom stereocenters. The zero-order chi connectivity index (χ0) is 22.4. The normalized spacial score (nSPS) is 14.7. The van der Waals surface area contributed by atoms with Crippen LogP contribution in [0.5, 0.6) is 17.2 Å². The van der Waals surface area contributed by atoms with Gasteiger partial charge in [-0.15, -0.1) is 10.2 Å². The Morgan fingerprint density at radius 1 is 1.03 bits per heavy atom. The summed E-state index contributed by atoms with van der Waals surface area (Å²) in [6, 6.07) is 3.50. The number of ether oxygens (including phenoxy) is 3. The molecule has 2 heterocycles. The molecule has 1 fully saturated rings. The molecule has 2 aromatic rings. The number of piperidine rings is 1. The van der Waals surface area contributed by atoms with Crippen LogP contribution in [-0.2, 0) is 0 Å². The van der Waals surface area contributed by atoms with Crippen LogP contribution >= 0.6 is 0 Å². The lowest BCUT2D eigenvalue weighted by Crippen LogP contribution is -2.38. The summed E-state index contributed by atoms with van der Waals surface area (Å²) in [6.07, 6.45) is 1.58. The molecule has 0 N–H and O–H groups in total. The maximum absolute atomic E-state index is 13.2. The maximum Gasteiger partial charge on any atom is 0.254 e. The van der Waals surface area contributed by atoms with Crippen molar-refractivity contribution in [1.29, 1.82) is 0 Å². The van der Waals surface area contributed by atoms with Crippen LogP contribution in [0.25, 0.3) is 0 Å². The molecule has 1 saturated heterocycles. The lowest BCUT2D eigenvalue weighted by Gasteiger charge is -2.30. The van der Waals surface area contributed by atoms with E-state index >= 15 is 0 Å². The number of nitrogens with zero attached hydrogens (tertiary/aromatic N) is 3. The van der Waals surface area contributed by atoms with Gasteiger partial charge in [-0.1, -0.05) is 13.8 Å². The highest BCUT2D eigenvalue weighted by Gasteiger charge is 2.29. The van der Waals surface area contributed by atoms with Crippen molar-refractivity contribution in [3.63, 3.8) is 0 Å². The van der Waals surface area contributed by atoms with Crippen LogP contribution in [0.2, 0.25) is 0 Å². The van der Waals surface area contributed by atoms with E-state index in [4.69, 9.17) is 18.6 Å². The van der Waals surface area contributed by atoms with E-state index in [1.807, 2.05) is 39.5 Å². The van der Waals surface area contributed by atoms with Crippen molar-refractivity contribution in [1.82, 2.24) is 15.1 Å². The molecule has 0 aliphatic carbocycles. The van der Waals surface area contributed by atoms with E-state index < -0.39 is 0 Å². The summed E-state index contributed by atoms with van der Waals surface area (Å²) in [7, 11) is 0. The van der Waals surface area contributed by atoms with Gasteiger partial charge >= 0.3 is 0 Å². The Hall–Kier alpha value is -2.77. The highest BCUT2D eigenvalue weighted by molar-refractivity contribution is 5.95. The largest absolute Gasteiger partial charge is 0.490 e. The van der Waals surface area contributed by atoms with Gasteiger partial charge in [0.05, 0.1) is 19.8 Å². The van der Waals surface area contributed by atoms with E-state index in [1.165, 1.54) is 0 Å². The second-order valence-corrected chi connectivity index (χ2v) is 7.80. The van der Waals surface area contributed by atoms with Crippen LogP contribution in [0.15, 0.2) is 16.5 Å². The van der Waals surface area contributed by atoms with Gasteiger partial charge in [0.2, 0.25) is 17.5 Å². The Labute approximate surface area is 183 Å². The van der Waals surface area contributed by atoms with Crippen molar-refractivity contribution in [3.8, 4) is 17.2 Å². The van der Waals surface area contributed by atoms with E-state index in [0.717, 1.165) is 12.8 Å². The quantitative estimate of drug-likeness (QED) is 0.581. The van der Waals surface area contributed by atoms with E-state index in [0.29, 0.717) is 67.5 Å². The third-order valence-electron chi connectivity index (χ3n) is 5.24. The number of aromatic nitrogens is 2. The topological polar surface area (TPSA) is 86.9 Å². The first-order chi connectivity index (χ1) is 15.0. The SMILES string of the molecule is CCOc1cc(C(=O)N2CCC(c3nnc(C(C)C)o3)CC2)cc(OCC)c1OCC. The van der Waals surface area contributed by atoms with E-state index in [9.17, 15) is 4.79 Å². The number of carbonyl (C=O) groups is 1. The van der Waals surface area contributed by atoms with Gasteiger partial charge in [-0.2, -0.15) is 0 Å². The van der Waals surface area contributed by atoms with E-state index in [2.05, 4.69) is 10.2 Å². The minimum Gasteiger partial charge on any atom is -0.490 e. The second kappa shape index (κ2) is 10.5. The predicted molar refractivity (Wildman–Crippen MR) is 116 cm³/mol. The molecule has 0 saturated carbocycles. The van der Waals surface area contributed by atoms with Crippen molar-refractivity contribution in [2.75, 3.05) is 32.9 Å². The molecular weight excluding hydrogens is 398 g/mol. The summed E-state index contributed by atoms with van der Waals surface area (Å²) < 4.78 is 23.0. The highest BCUT2D eigenvalue weighted by Crippen LogP contribution is 2.40. The Bertz CT molecular complexity index is 845. The molecule has 8 nitrogen and oxygen atoms in total. The van der Waals surface area contributed by atoms with Crippen LogP contribution in [0.3, 0.4) is 0 Å². The summed E-state index contributed by atoms with van der Waals surface area (Å²) in [5, 5.41) is 8.35.